The number of methoxy groups -OCH3 is 1. The van der Waals surface area contributed by atoms with E-state index in [4.69, 9.17) is 4.74 Å². The van der Waals surface area contributed by atoms with Crippen LogP contribution >= 0.6 is 0 Å². The van der Waals surface area contributed by atoms with Gasteiger partial charge in [-0.25, -0.2) is 4.98 Å². The molecule has 2 aromatic heterocycles. The molecule has 0 aromatic carbocycles. The summed E-state index contributed by atoms with van der Waals surface area (Å²) in [6.07, 6.45) is 6.49. The molecule has 1 amide bonds. The number of aliphatic hydroxyl groups is 1. The lowest BCUT2D eigenvalue weighted by Gasteiger charge is -2.16. The van der Waals surface area contributed by atoms with Gasteiger partial charge in [-0.2, -0.15) is 0 Å². The molecule has 2 atom stereocenters. The summed E-state index contributed by atoms with van der Waals surface area (Å²) in [6, 6.07) is 3.25. The fourth-order valence-electron chi connectivity index (χ4n) is 2.76. The highest BCUT2D eigenvalue weighted by atomic mass is 16.5. The Balaban J connectivity index is 1.69. The van der Waals surface area contributed by atoms with E-state index >= 15 is 0 Å². The third-order valence-electron chi connectivity index (χ3n) is 3.97. The second kappa shape index (κ2) is 6.70. The van der Waals surface area contributed by atoms with Gasteiger partial charge in [-0.1, -0.05) is 0 Å². The second-order valence-electron chi connectivity index (χ2n) is 5.53. The maximum atomic E-state index is 12.6. The summed E-state index contributed by atoms with van der Waals surface area (Å²) in [5.41, 5.74) is 1.32. The Morgan fingerprint density at radius 1 is 1.35 bits per heavy atom. The van der Waals surface area contributed by atoms with Crippen molar-refractivity contribution in [2.75, 3.05) is 20.2 Å². The van der Waals surface area contributed by atoms with E-state index in [0.717, 1.165) is 5.69 Å². The average Bonchev–Trinajstić information content (AvgIpc) is 2.96. The summed E-state index contributed by atoms with van der Waals surface area (Å²) in [6.45, 7) is 0.801. The Morgan fingerprint density at radius 2 is 2.22 bits per heavy atom. The fraction of sp³-hybridized carbons (Fsp3) is 0.375. The topological polar surface area (TPSA) is 88.4 Å². The molecular weight excluding hydrogens is 296 g/mol. The molecule has 0 saturated carbocycles. The summed E-state index contributed by atoms with van der Waals surface area (Å²) in [4.78, 5) is 26.5. The quantitative estimate of drug-likeness (QED) is 0.887. The van der Waals surface area contributed by atoms with E-state index in [1.807, 2.05) is 0 Å². The highest BCUT2D eigenvalue weighted by Gasteiger charge is 2.34. The van der Waals surface area contributed by atoms with Crippen LogP contribution in [-0.2, 0) is 6.42 Å². The van der Waals surface area contributed by atoms with E-state index in [-0.39, 0.29) is 11.8 Å². The fourth-order valence-corrected chi connectivity index (χ4v) is 2.76. The molecule has 3 rings (SSSR count). The number of hydrogen-bond acceptors (Lipinski definition) is 6. The molecule has 120 valence electrons. The van der Waals surface area contributed by atoms with E-state index in [9.17, 15) is 9.90 Å². The third-order valence-corrected chi connectivity index (χ3v) is 3.97. The number of rotatable bonds is 4. The van der Waals surface area contributed by atoms with Crippen LogP contribution in [0.15, 0.2) is 36.9 Å². The average molecular weight is 314 g/mol. The highest BCUT2D eigenvalue weighted by molar-refractivity contribution is 5.94. The van der Waals surface area contributed by atoms with Crippen molar-refractivity contribution >= 4 is 5.91 Å². The van der Waals surface area contributed by atoms with Gasteiger partial charge < -0.3 is 14.7 Å². The van der Waals surface area contributed by atoms with Gasteiger partial charge in [0.2, 0.25) is 5.88 Å². The van der Waals surface area contributed by atoms with Crippen molar-refractivity contribution < 1.29 is 14.6 Å². The van der Waals surface area contributed by atoms with Crippen molar-refractivity contribution in [3.63, 3.8) is 0 Å². The van der Waals surface area contributed by atoms with Gasteiger partial charge in [0.25, 0.3) is 5.91 Å². The first-order valence-corrected chi connectivity index (χ1v) is 7.39. The van der Waals surface area contributed by atoms with Crippen molar-refractivity contribution in [3.8, 4) is 5.88 Å². The molecule has 0 bridgehead atoms. The first-order chi connectivity index (χ1) is 11.2. The SMILES string of the molecule is COc1cc(C(=O)N2C[C@@H](Cc3cnccn3)[C@H](O)C2)ccn1. The number of nitrogens with zero attached hydrogens (tertiary/aromatic N) is 4. The summed E-state index contributed by atoms with van der Waals surface area (Å²) < 4.78 is 5.04. The Bertz CT molecular complexity index is 680. The van der Waals surface area contributed by atoms with Gasteiger partial charge in [-0.3, -0.25) is 14.8 Å². The number of pyridine rings is 1. The minimum atomic E-state index is -0.565. The Labute approximate surface area is 134 Å². The highest BCUT2D eigenvalue weighted by Crippen LogP contribution is 2.23. The summed E-state index contributed by atoms with van der Waals surface area (Å²) in [7, 11) is 1.51. The van der Waals surface area contributed by atoms with Crippen LogP contribution < -0.4 is 4.74 Å². The van der Waals surface area contributed by atoms with Crippen LogP contribution in [0.2, 0.25) is 0 Å². The molecule has 1 aliphatic rings. The predicted octanol–water partition coefficient (Wildman–Crippen LogP) is 0.556. The summed E-state index contributed by atoms with van der Waals surface area (Å²) >= 11 is 0. The molecule has 0 unspecified atom stereocenters. The van der Waals surface area contributed by atoms with Gasteiger partial charge in [-0.15, -0.1) is 0 Å². The van der Waals surface area contributed by atoms with Crippen molar-refractivity contribution in [2.24, 2.45) is 5.92 Å². The molecule has 23 heavy (non-hydrogen) atoms. The molecule has 1 fully saturated rings. The standard InChI is InChI=1S/C16H18N4O3/c1-23-15-7-11(2-3-19-15)16(22)20-9-12(14(21)10-20)6-13-8-17-4-5-18-13/h2-5,7-8,12,14,21H,6,9-10H2,1H3/t12-,14-/m1/s1. The van der Waals surface area contributed by atoms with E-state index in [1.165, 1.54) is 13.3 Å². The number of ether oxygens (including phenoxy) is 1. The van der Waals surface area contributed by atoms with Crippen LogP contribution in [0.4, 0.5) is 0 Å². The van der Waals surface area contributed by atoms with Crippen LogP contribution in [0.1, 0.15) is 16.1 Å². The van der Waals surface area contributed by atoms with Crippen LogP contribution in [0.3, 0.4) is 0 Å². The molecular formula is C16H18N4O3. The largest absolute Gasteiger partial charge is 0.481 e. The van der Waals surface area contributed by atoms with E-state index in [1.54, 1.807) is 35.6 Å². The maximum Gasteiger partial charge on any atom is 0.254 e. The van der Waals surface area contributed by atoms with Crippen molar-refractivity contribution in [1.29, 1.82) is 0 Å². The number of carbonyl (C=O) groups is 1. The van der Waals surface area contributed by atoms with E-state index < -0.39 is 6.10 Å². The Morgan fingerprint density at radius 3 is 2.96 bits per heavy atom. The molecule has 0 aliphatic carbocycles. The van der Waals surface area contributed by atoms with Crippen LogP contribution in [0.5, 0.6) is 5.88 Å². The zero-order valence-corrected chi connectivity index (χ0v) is 12.8. The second-order valence-corrected chi connectivity index (χ2v) is 5.53. The van der Waals surface area contributed by atoms with Crippen LogP contribution in [0, 0.1) is 5.92 Å². The summed E-state index contributed by atoms with van der Waals surface area (Å²) in [5, 5.41) is 10.2. The molecule has 3 heterocycles. The number of β-amino-alcohol motifs (C(OH)–C–C–N with tert-alkyl or cyclic N) is 1. The number of aliphatic hydroxyl groups excluding tert-OH is 1. The minimum Gasteiger partial charge on any atom is -0.481 e. The third kappa shape index (κ3) is 3.45. The lowest BCUT2D eigenvalue weighted by Crippen LogP contribution is -2.29. The Hall–Kier alpha value is -2.54. The zero-order chi connectivity index (χ0) is 16.2. The molecule has 0 radical (unpaired) electrons. The Kier molecular flexibility index (Phi) is 4.47. The van der Waals surface area contributed by atoms with Crippen molar-refractivity contribution in [3.05, 3.63) is 48.2 Å². The molecule has 1 saturated heterocycles. The van der Waals surface area contributed by atoms with Gasteiger partial charge in [-0.05, 0) is 12.5 Å². The first-order valence-electron chi connectivity index (χ1n) is 7.39. The minimum absolute atomic E-state index is 0.0422. The number of amides is 1. The van der Waals surface area contributed by atoms with Crippen LogP contribution in [0.25, 0.3) is 0 Å². The van der Waals surface area contributed by atoms with E-state index in [0.29, 0.717) is 31.0 Å². The first kappa shape index (κ1) is 15.4. The number of carbonyl (C=O) groups excluding carboxylic acids is 1. The number of hydrogen-bond donors (Lipinski definition) is 1. The summed E-state index contributed by atoms with van der Waals surface area (Å²) in [5.74, 6) is 0.220. The van der Waals surface area contributed by atoms with E-state index in [2.05, 4.69) is 15.0 Å². The number of aromatic nitrogens is 3. The van der Waals surface area contributed by atoms with Crippen molar-refractivity contribution in [2.45, 2.75) is 12.5 Å². The smallest absolute Gasteiger partial charge is 0.254 e. The van der Waals surface area contributed by atoms with Crippen molar-refractivity contribution in [1.82, 2.24) is 19.9 Å². The molecule has 7 nitrogen and oxygen atoms in total. The lowest BCUT2D eigenvalue weighted by molar-refractivity contribution is 0.0764. The normalized spacial score (nSPS) is 20.5. The van der Waals surface area contributed by atoms with Gasteiger partial charge in [0.15, 0.2) is 0 Å². The maximum absolute atomic E-state index is 12.6. The van der Waals surface area contributed by atoms with Gasteiger partial charge in [0.1, 0.15) is 0 Å². The molecule has 1 aliphatic heterocycles. The zero-order valence-electron chi connectivity index (χ0n) is 12.8. The lowest BCUT2D eigenvalue weighted by atomic mass is 10.0. The molecule has 2 aromatic rings. The molecule has 7 heteroatoms. The van der Waals surface area contributed by atoms with Gasteiger partial charge in [0.05, 0.1) is 18.9 Å². The van der Waals surface area contributed by atoms with Crippen LogP contribution in [-0.4, -0.2) is 57.2 Å². The molecule has 1 N–H and O–H groups in total. The molecule has 0 spiro atoms. The van der Waals surface area contributed by atoms with Gasteiger partial charge >= 0.3 is 0 Å². The number of likely N-dealkylation sites (tertiary alicyclic amines) is 1. The monoisotopic (exact) mass is 314 g/mol. The predicted molar refractivity (Wildman–Crippen MR) is 81.9 cm³/mol. The van der Waals surface area contributed by atoms with Gasteiger partial charge in [0, 0.05) is 55.4 Å².